The van der Waals surface area contributed by atoms with Crippen molar-refractivity contribution in [1.29, 1.82) is 0 Å². The summed E-state index contributed by atoms with van der Waals surface area (Å²) in [5.74, 6) is 1.75. The summed E-state index contributed by atoms with van der Waals surface area (Å²) in [5.41, 5.74) is 0.915. The largest absolute Gasteiger partial charge is 0.439 e. The topological polar surface area (TPSA) is 75.6 Å². The average Bonchev–Trinajstić information content (AvgIpc) is 2.77. The van der Waals surface area contributed by atoms with Gasteiger partial charge in [-0.3, -0.25) is 0 Å². The number of aryl methyl sites for hydroxylation is 1. The molecule has 3 aromatic rings. The fourth-order valence-corrected chi connectivity index (χ4v) is 5.35. The van der Waals surface area contributed by atoms with Gasteiger partial charge in [0.15, 0.2) is 0 Å². The van der Waals surface area contributed by atoms with Gasteiger partial charge in [0, 0.05) is 36.8 Å². The van der Waals surface area contributed by atoms with Gasteiger partial charge in [0.2, 0.25) is 15.9 Å². The molecule has 7 nitrogen and oxygen atoms in total. The van der Waals surface area contributed by atoms with Gasteiger partial charge in [0.25, 0.3) is 0 Å². The summed E-state index contributed by atoms with van der Waals surface area (Å²) in [6.45, 7) is 5.22. The molecule has 2 heterocycles. The molecular formula is C22H23ClN4O3S. The quantitative estimate of drug-likeness (QED) is 0.572. The molecule has 0 N–H and O–H groups in total. The summed E-state index contributed by atoms with van der Waals surface area (Å²) in [4.78, 5) is 10.9. The smallest absolute Gasteiger partial charge is 0.243 e. The van der Waals surface area contributed by atoms with Gasteiger partial charge in [-0.05, 0) is 49.7 Å². The Morgan fingerprint density at radius 3 is 2.55 bits per heavy atom. The zero-order valence-corrected chi connectivity index (χ0v) is 18.8. The van der Waals surface area contributed by atoms with E-state index in [9.17, 15) is 8.42 Å². The molecule has 1 aromatic heterocycles. The van der Waals surface area contributed by atoms with E-state index in [1.807, 2.05) is 24.8 Å². The number of piperazine rings is 1. The van der Waals surface area contributed by atoms with Crippen molar-refractivity contribution in [2.45, 2.75) is 24.8 Å². The Morgan fingerprint density at radius 1 is 1.06 bits per heavy atom. The lowest BCUT2D eigenvalue weighted by Crippen LogP contribution is -2.54. The van der Waals surface area contributed by atoms with E-state index in [1.54, 1.807) is 52.8 Å². The number of aromatic nitrogens is 2. The molecule has 0 saturated carbocycles. The standard InChI is InChI=1S/C22H23ClN4O3S/c1-16-12-18(8-9-20(16)23)30-22-13-21(24-15-25-22)26-10-11-27(17(2)14-26)31(28,29)19-6-4-3-5-7-19/h3-9,12-13,15,17H,10-11,14H2,1-2H3. The Balaban J connectivity index is 1.48. The molecule has 1 aliphatic heterocycles. The van der Waals surface area contributed by atoms with Crippen LogP contribution in [0.1, 0.15) is 12.5 Å². The SMILES string of the molecule is Cc1cc(Oc2cc(N3CCN(S(=O)(=O)c4ccccc4)C(C)C3)ncn2)ccc1Cl. The van der Waals surface area contributed by atoms with Gasteiger partial charge >= 0.3 is 0 Å². The van der Waals surface area contributed by atoms with E-state index in [1.165, 1.54) is 6.33 Å². The second kappa shape index (κ2) is 8.82. The lowest BCUT2D eigenvalue weighted by atomic mass is 10.2. The van der Waals surface area contributed by atoms with E-state index in [4.69, 9.17) is 16.3 Å². The summed E-state index contributed by atoms with van der Waals surface area (Å²) in [6.07, 6.45) is 1.45. The molecule has 1 aliphatic rings. The maximum atomic E-state index is 13.0. The second-order valence-corrected chi connectivity index (χ2v) is 9.75. The van der Waals surface area contributed by atoms with Gasteiger partial charge in [0.05, 0.1) is 4.90 Å². The molecular weight excluding hydrogens is 436 g/mol. The molecule has 162 valence electrons. The molecule has 0 radical (unpaired) electrons. The summed E-state index contributed by atoms with van der Waals surface area (Å²) in [7, 11) is -3.53. The number of ether oxygens (including phenoxy) is 1. The molecule has 1 saturated heterocycles. The van der Waals surface area contributed by atoms with E-state index in [0.29, 0.717) is 47.0 Å². The van der Waals surface area contributed by atoms with Crippen molar-refractivity contribution in [3.8, 4) is 11.6 Å². The van der Waals surface area contributed by atoms with Crippen molar-refractivity contribution in [3.63, 3.8) is 0 Å². The first-order valence-electron chi connectivity index (χ1n) is 9.92. The third-order valence-electron chi connectivity index (χ3n) is 5.22. The van der Waals surface area contributed by atoms with Crippen molar-refractivity contribution in [2.24, 2.45) is 0 Å². The van der Waals surface area contributed by atoms with Crippen LogP contribution < -0.4 is 9.64 Å². The summed E-state index contributed by atoms with van der Waals surface area (Å²) >= 11 is 6.07. The fourth-order valence-electron chi connectivity index (χ4n) is 3.59. The van der Waals surface area contributed by atoms with E-state index >= 15 is 0 Å². The number of nitrogens with zero attached hydrogens (tertiary/aromatic N) is 4. The highest BCUT2D eigenvalue weighted by atomic mass is 35.5. The van der Waals surface area contributed by atoms with Crippen LogP contribution in [0.5, 0.6) is 11.6 Å². The normalized spacial score (nSPS) is 17.5. The number of rotatable bonds is 5. The van der Waals surface area contributed by atoms with Crippen LogP contribution in [0.2, 0.25) is 5.02 Å². The maximum absolute atomic E-state index is 13.0. The summed E-state index contributed by atoms with van der Waals surface area (Å²) in [6, 6.07) is 15.5. The number of halogens is 1. The lowest BCUT2D eigenvalue weighted by molar-refractivity contribution is 0.305. The zero-order valence-electron chi connectivity index (χ0n) is 17.3. The van der Waals surface area contributed by atoms with Gasteiger partial charge in [-0.25, -0.2) is 18.4 Å². The number of anilines is 1. The highest BCUT2D eigenvalue weighted by Gasteiger charge is 2.34. The third kappa shape index (κ3) is 4.66. The summed E-state index contributed by atoms with van der Waals surface area (Å²) < 4.78 is 33.4. The van der Waals surface area contributed by atoms with Crippen LogP contribution >= 0.6 is 11.6 Å². The van der Waals surface area contributed by atoms with Crippen LogP contribution in [0.15, 0.2) is 65.8 Å². The minimum absolute atomic E-state index is 0.211. The maximum Gasteiger partial charge on any atom is 0.243 e. The van der Waals surface area contributed by atoms with Crippen molar-refractivity contribution >= 4 is 27.4 Å². The molecule has 9 heteroatoms. The van der Waals surface area contributed by atoms with Gasteiger partial charge in [-0.2, -0.15) is 4.31 Å². The number of benzene rings is 2. The highest BCUT2D eigenvalue weighted by Crippen LogP contribution is 2.28. The van der Waals surface area contributed by atoms with Crippen LogP contribution in [0.4, 0.5) is 5.82 Å². The third-order valence-corrected chi connectivity index (χ3v) is 7.67. The Bertz CT molecular complexity index is 1170. The van der Waals surface area contributed by atoms with Gasteiger partial charge < -0.3 is 9.64 Å². The first-order valence-corrected chi connectivity index (χ1v) is 11.7. The summed E-state index contributed by atoms with van der Waals surface area (Å²) in [5, 5.41) is 0.674. The van der Waals surface area contributed by atoms with E-state index in [2.05, 4.69) is 9.97 Å². The molecule has 2 aromatic carbocycles. The average molecular weight is 459 g/mol. The van der Waals surface area contributed by atoms with Crippen molar-refractivity contribution in [1.82, 2.24) is 14.3 Å². The first kappa shape index (κ1) is 21.5. The molecule has 1 unspecified atom stereocenters. The highest BCUT2D eigenvalue weighted by molar-refractivity contribution is 7.89. The van der Waals surface area contributed by atoms with Gasteiger partial charge in [0.1, 0.15) is 17.9 Å². The zero-order chi connectivity index (χ0) is 22.0. The minimum atomic E-state index is -3.53. The van der Waals surface area contributed by atoms with Crippen LogP contribution in [0.3, 0.4) is 0 Å². The van der Waals surface area contributed by atoms with E-state index < -0.39 is 10.0 Å². The number of sulfonamides is 1. The monoisotopic (exact) mass is 458 g/mol. The van der Waals surface area contributed by atoms with E-state index in [-0.39, 0.29) is 6.04 Å². The molecule has 1 atom stereocenters. The molecule has 0 aliphatic carbocycles. The molecule has 31 heavy (non-hydrogen) atoms. The predicted molar refractivity (Wildman–Crippen MR) is 120 cm³/mol. The van der Waals surface area contributed by atoms with Crippen LogP contribution in [-0.2, 0) is 10.0 Å². The van der Waals surface area contributed by atoms with Crippen molar-refractivity contribution in [2.75, 3.05) is 24.5 Å². The Morgan fingerprint density at radius 2 is 1.84 bits per heavy atom. The van der Waals surface area contributed by atoms with E-state index in [0.717, 1.165) is 5.56 Å². The van der Waals surface area contributed by atoms with Gasteiger partial charge in [-0.1, -0.05) is 29.8 Å². The number of hydrogen-bond donors (Lipinski definition) is 0. The molecule has 0 spiro atoms. The van der Waals surface area contributed by atoms with Crippen LogP contribution in [0, 0.1) is 6.92 Å². The molecule has 0 bridgehead atoms. The Labute approximate surface area is 187 Å². The first-order chi connectivity index (χ1) is 14.8. The van der Waals surface area contributed by atoms with Crippen LogP contribution in [-0.4, -0.2) is 48.4 Å². The predicted octanol–water partition coefficient (Wildman–Crippen LogP) is 4.13. The minimum Gasteiger partial charge on any atom is -0.439 e. The lowest BCUT2D eigenvalue weighted by Gasteiger charge is -2.39. The molecule has 4 rings (SSSR count). The Kier molecular flexibility index (Phi) is 6.13. The molecule has 0 amide bonds. The second-order valence-electron chi connectivity index (χ2n) is 7.45. The van der Waals surface area contributed by atoms with Gasteiger partial charge in [-0.15, -0.1) is 0 Å². The molecule has 1 fully saturated rings. The Hall–Kier alpha value is -2.68. The van der Waals surface area contributed by atoms with Crippen molar-refractivity contribution < 1.29 is 13.2 Å². The number of hydrogen-bond acceptors (Lipinski definition) is 6. The fraction of sp³-hybridized carbons (Fsp3) is 0.273. The van der Waals surface area contributed by atoms with Crippen molar-refractivity contribution in [3.05, 3.63) is 71.5 Å². The van der Waals surface area contributed by atoms with Crippen LogP contribution in [0.25, 0.3) is 0 Å².